The Bertz CT molecular complexity index is 478. The van der Waals surface area contributed by atoms with E-state index in [0.717, 1.165) is 43.0 Å². The molecule has 0 radical (unpaired) electrons. The molecular formula is C15H22N4. The lowest BCUT2D eigenvalue weighted by atomic mass is 10.1. The Kier molecular flexibility index (Phi) is 4.41. The number of hydrogen-bond acceptors (Lipinski definition) is 4. The molecular weight excluding hydrogens is 236 g/mol. The minimum atomic E-state index is 0.445. The van der Waals surface area contributed by atoms with Gasteiger partial charge >= 0.3 is 0 Å². The average molecular weight is 258 g/mol. The lowest BCUT2D eigenvalue weighted by Crippen LogP contribution is -2.50. The van der Waals surface area contributed by atoms with Crippen LogP contribution < -0.4 is 10.2 Å². The maximum absolute atomic E-state index is 9.37. The quantitative estimate of drug-likeness (QED) is 0.890. The molecule has 0 aliphatic carbocycles. The first-order valence-electron chi connectivity index (χ1n) is 6.78. The summed E-state index contributed by atoms with van der Waals surface area (Å²) in [6, 6.07) is 8.98. The van der Waals surface area contributed by atoms with Crippen molar-refractivity contribution in [2.45, 2.75) is 19.5 Å². The zero-order valence-corrected chi connectivity index (χ0v) is 12.0. The topological polar surface area (TPSA) is 42.3 Å². The van der Waals surface area contributed by atoms with Gasteiger partial charge in [0.25, 0.3) is 0 Å². The first-order valence-corrected chi connectivity index (χ1v) is 6.78. The predicted molar refractivity (Wildman–Crippen MR) is 78.2 cm³/mol. The maximum Gasteiger partial charge on any atom is 0.101 e. The van der Waals surface area contributed by atoms with Crippen LogP contribution in [0.4, 0.5) is 5.69 Å². The van der Waals surface area contributed by atoms with Gasteiger partial charge in [0.1, 0.15) is 6.07 Å². The standard InChI is InChI=1S/C15H22N4/c1-12-11-18(3)6-7-19(12)15-5-4-13(10-17-2)8-14(15)9-16/h4-5,8,12,17H,6-7,10-11H2,1-3H3. The van der Waals surface area contributed by atoms with Crippen molar-refractivity contribution in [3.8, 4) is 6.07 Å². The van der Waals surface area contributed by atoms with Crippen molar-refractivity contribution in [3.63, 3.8) is 0 Å². The van der Waals surface area contributed by atoms with Crippen molar-refractivity contribution in [3.05, 3.63) is 29.3 Å². The molecule has 4 nitrogen and oxygen atoms in total. The van der Waals surface area contributed by atoms with E-state index < -0.39 is 0 Å². The third-order valence-corrected chi connectivity index (χ3v) is 3.70. The van der Waals surface area contributed by atoms with E-state index in [2.05, 4.69) is 47.3 Å². The molecule has 2 rings (SSSR count). The second kappa shape index (κ2) is 6.05. The number of hydrogen-bond donors (Lipinski definition) is 1. The molecule has 0 aromatic heterocycles. The van der Waals surface area contributed by atoms with Crippen molar-refractivity contribution in [1.29, 1.82) is 5.26 Å². The molecule has 0 spiro atoms. The van der Waals surface area contributed by atoms with Gasteiger partial charge in [-0.3, -0.25) is 0 Å². The number of anilines is 1. The van der Waals surface area contributed by atoms with Gasteiger partial charge in [-0.15, -0.1) is 0 Å². The smallest absolute Gasteiger partial charge is 0.101 e. The van der Waals surface area contributed by atoms with Crippen LogP contribution >= 0.6 is 0 Å². The highest BCUT2D eigenvalue weighted by Gasteiger charge is 2.23. The lowest BCUT2D eigenvalue weighted by Gasteiger charge is -2.40. The number of benzene rings is 1. The van der Waals surface area contributed by atoms with Gasteiger partial charge in [-0.05, 0) is 38.7 Å². The molecule has 0 saturated carbocycles. The van der Waals surface area contributed by atoms with E-state index in [-0.39, 0.29) is 0 Å². The molecule has 0 amide bonds. The Labute approximate surface area is 115 Å². The normalized spacial score (nSPS) is 20.3. The van der Waals surface area contributed by atoms with Gasteiger partial charge < -0.3 is 15.1 Å². The Morgan fingerprint density at radius 1 is 1.42 bits per heavy atom. The Morgan fingerprint density at radius 2 is 2.21 bits per heavy atom. The largest absolute Gasteiger partial charge is 0.365 e. The summed E-state index contributed by atoms with van der Waals surface area (Å²) in [6.45, 7) is 6.10. The summed E-state index contributed by atoms with van der Waals surface area (Å²) < 4.78 is 0. The van der Waals surface area contributed by atoms with E-state index in [1.54, 1.807) is 0 Å². The molecule has 19 heavy (non-hydrogen) atoms. The van der Waals surface area contributed by atoms with Gasteiger partial charge in [0.15, 0.2) is 0 Å². The van der Waals surface area contributed by atoms with Crippen molar-refractivity contribution < 1.29 is 0 Å². The van der Waals surface area contributed by atoms with Crippen LogP contribution in [0.25, 0.3) is 0 Å². The molecule has 1 heterocycles. The fourth-order valence-electron chi connectivity index (χ4n) is 2.73. The zero-order valence-electron chi connectivity index (χ0n) is 12.0. The zero-order chi connectivity index (χ0) is 13.8. The van der Waals surface area contributed by atoms with Gasteiger partial charge in [0.2, 0.25) is 0 Å². The summed E-state index contributed by atoms with van der Waals surface area (Å²) in [5.41, 5.74) is 3.01. The number of nitriles is 1. The second-order valence-electron chi connectivity index (χ2n) is 5.30. The molecule has 1 fully saturated rings. The highest BCUT2D eigenvalue weighted by atomic mass is 15.3. The predicted octanol–water partition coefficient (Wildman–Crippen LogP) is 1.42. The Balaban J connectivity index is 2.27. The third kappa shape index (κ3) is 3.06. The molecule has 4 heteroatoms. The van der Waals surface area contributed by atoms with Crippen LogP contribution in [0.3, 0.4) is 0 Å². The van der Waals surface area contributed by atoms with Crippen LogP contribution in [0.2, 0.25) is 0 Å². The molecule has 1 unspecified atom stereocenters. The number of likely N-dealkylation sites (N-methyl/N-ethyl adjacent to an activating group) is 1. The molecule has 1 aliphatic rings. The van der Waals surface area contributed by atoms with Gasteiger partial charge in [-0.25, -0.2) is 0 Å². The van der Waals surface area contributed by atoms with E-state index in [4.69, 9.17) is 0 Å². The molecule has 0 bridgehead atoms. The van der Waals surface area contributed by atoms with Crippen LogP contribution in [0, 0.1) is 11.3 Å². The minimum absolute atomic E-state index is 0.445. The van der Waals surface area contributed by atoms with E-state index in [0.29, 0.717) is 6.04 Å². The molecule has 1 atom stereocenters. The summed E-state index contributed by atoms with van der Waals surface area (Å²) in [5, 5.41) is 12.5. The van der Waals surface area contributed by atoms with Gasteiger partial charge in [-0.1, -0.05) is 6.07 Å². The average Bonchev–Trinajstić information content (AvgIpc) is 2.39. The first kappa shape index (κ1) is 13.9. The maximum atomic E-state index is 9.37. The van der Waals surface area contributed by atoms with E-state index in [9.17, 15) is 5.26 Å². The molecule has 1 aliphatic heterocycles. The summed E-state index contributed by atoms with van der Waals surface area (Å²) in [7, 11) is 4.07. The monoisotopic (exact) mass is 258 g/mol. The Morgan fingerprint density at radius 3 is 2.84 bits per heavy atom. The summed E-state index contributed by atoms with van der Waals surface area (Å²) in [6.07, 6.45) is 0. The van der Waals surface area contributed by atoms with E-state index in [1.807, 2.05) is 13.1 Å². The molecule has 1 aromatic rings. The van der Waals surface area contributed by atoms with Crippen LogP contribution in [0.1, 0.15) is 18.1 Å². The van der Waals surface area contributed by atoms with Crippen LogP contribution in [0.15, 0.2) is 18.2 Å². The number of nitrogens with zero attached hydrogens (tertiary/aromatic N) is 3. The fourth-order valence-corrected chi connectivity index (χ4v) is 2.73. The second-order valence-corrected chi connectivity index (χ2v) is 5.30. The SMILES string of the molecule is CNCc1ccc(N2CCN(C)CC2C)c(C#N)c1. The van der Waals surface area contributed by atoms with Crippen molar-refractivity contribution in [2.24, 2.45) is 0 Å². The van der Waals surface area contributed by atoms with Crippen LogP contribution in [-0.2, 0) is 6.54 Å². The number of nitrogens with one attached hydrogen (secondary N) is 1. The number of piperazine rings is 1. The van der Waals surface area contributed by atoms with Crippen molar-refractivity contribution in [2.75, 3.05) is 38.6 Å². The van der Waals surface area contributed by atoms with Crippen LogP contribution in [0.5, 0.6) is 0 Å². The third-order valence-electron chi connectivity index (χ3n) is 3.70. The summed E-state index contributed by atoms with van der Waals surface area (Å²) >= 11 is 0. The van der Waals surface area contributed by atoms with E-state index >= 15 is 0 Å². The van der Waals surface area contributed by atoms with Gasteiger partial charge in [0.05, 0.1) is 11.3 Å². The highest BCUT2D eigenvalue weighted by Crippen LogP contribution is 2.25. The first-order chi connectivity index (χ1) is 9.15. The van der Waals surface area contributed by atoms with Gasteiger partial charge in [0, 0.05) is 32.2 Å². The summed E-state index contributed by atoms with van der Waals surface area (Å²) in [5.74, 6) is 0. The van der Waals surface area contributed by atoms with Crippen molar-refractivity contribution >= 4 is 5.69 Å². The Hall–Kier alpha value is -1.57. The minimum Gasteiger partial charge on any atom is -0.365 e. The molecule has 1 aromatic carbocycles. The molecule has 1 N–H and O–H groups in total. The summed E-state index contributed by atoms with van der Waals surface area (Å²) in [4.78, 5) is 4.68. The molecule has 102 valence electrons. The van der Waals surface area contributed by atoms with Crippen LogP contribution in [-0.4, -0.2) is 44.7 Å². The lowest BCUT2D eigenvalue weighted by molar-refractivity contribution is 0.275. The van der Waals surface area contributed by atoms with Crippen molar-refractivity contribution in [1.82, 2.24) is 10.2 Å². The van der Waals surface area contributed by atoms with Gasteiger partial charge in [-0.2, -0.15) is 5.26 Å². The van der Waals surface area contributed by atoms with E-state index in [1.165, 1.54) is 0 Å². The number of rotatable bonds is 3. The highest BCUT2D eigenvalue weighted by molar-refractivity contribution is 5.61. The fraction of sp³-hybridized carbons (Fsp3) is 0.533. The molecule has 1 saturated heterocycles.